The second-order valence-corrected chi connectivity index (χ2v) is 5.61. The first-order chi connectivity index (χ1) is 12.0. The van der Waals surface area contributed by atoms with Gasteiger partial charge in [-0.05, 0) is 29.7 Å². The Balaban J connectivity index is 1.72. The van der Waals surface area contributed by atoms with E-state index in [1.165, 1.54) is 18.2 Å². The Morgan fingerprint density at radius 2 is 1.88 bits per heavy atom. The van der Waals surface area contributed by atoms with Gasteiger partial charge in [0.15, 0.2) is 0 Å². The molecule has 0 aliphatic carbocycles. The van der Waals surface area contributed by atoms with Crippen molar-refractivity contribution in [1.29, 1.82) is 0 Å². The quantitative estimate of drug-likeness (QED) is 0.384. The molecule has 2 atom stereocenters. The highest BCUT2D eigenvalue weighted by Crippen LogP contribution is 2.26. The number of aromatic hydroxyl groups is 1. The average molecular weight is 346 g/mol. The summed E-state index contributed by atoms with van der Waals surface area (Å²) in [5.41, 5.74) is 6.94. The summed E-state index contributed by atoms with van der Waals surface area (Å²) in [5.74, 6) is -0.0896. The van der Waals surface area contributed by atoms with Crippen molar-refractivity contribution in [2.24, 2.45) is 0 Å². The molecule has 0 aromatic heterocycles. The fraction of sp³-hybridized carbons (Fsp3) is 0.278. The van der Waals surface area contributed by atoms with Crippen LogP contribution < -0.4 is 11.1 Å². The maximum absolute atomic E-state index is 11.6. The minimum absolute atomic E-state index is 0.0896. The molecule has 0 bridgehead atoms. The highest BCUT2D eigenvalue weighted by Gasteiger charge is 2.19. The van der Waals surface area contributed by atoms with Gasteiger partial charge in [0.05, 0.1) is 11.8 Å². The first kappa shape index (κ1) is 18.6. The number of phenolic OH excluding ortho intramolecular Hbond substituents is 1. The van der Waals surface area contributed by atoms with E-state index in [0.29, 0.717) is 5.56 Å². The number of carbonyl (C=O) groups is 1. The molecule has 0 aliphatic rings. The summed E-state index contributed by atoms with van der Waals surface area (Å²) in [7, 11) is 0. The number of amides is 1. The summed E-state index contributed by atoms with van der Waals surface area (Å²) >= 11 is 0. The molecule has 0 fully saturated rings. The summed E-state index contributed by atoms with van der Waals surface area (Å²) in [6.07, 6.45) is -2.75. The van der Waals surface area contributed by atoms with Gasteiger partial charge in [-0.15, -0.1) is 0 Å². The number of nitrogens with one attached hydrogen (secondary N) is 1. The van der Waals surface area contributed by atoms with Crippen LogP contribution in [0.2, 0.25) is 0 Å². The van der Waals surface area contributed by atoms with E-state index in [9.17, 15) is 20.1 Å². The summed E-state index contributed by atoms with van der Waals surface area (Å²) in [5, 5.41) is 32.0. The lowest BCUT2D eigenvalue weighted by atomic mass is 10.0. The fourth-order valence-electron chi connectivity index (χ4n) is 2.23. The number of aliphatic hydroxyl groups excluding tert-OH is 2. The summed E-state index contributed by atoms with van der Waals surface area (Å²) in [6.45, 7) is 0.296. The largest absolute Gasteiger partial charge is 0.506 e. The Morgan fingerprint density at radius 1 is 1.16 bits per heavy atom. The number of hydrogen-bond acceptors (Lipinski definition) is 6. The topological polar surface area (TPSA) is 125 Å². The summed E-state index contributed by atoms with van der Waals surface area (Å²) in [6, 6.07) is 13.5. The average Bonchev–Trinajstić information content (AvgIpc) is 2.62. The molecule has 2 unspecified atom stereocenters. The lowest BCUT2D eigenvalue weighted by Gasteiger charge is -2.19. The van der Waals surface area contributed by atoms with Crippen molar-refractivity contribution in [1.82, 2.24) is 5.32 Å². The predicted octanol–water partition coefficient (Wildman–Crippen LogP) is 1.69. The van der Waals surface area contributed by atoms with Crippen molar-refractivity contribution in [2.75, 3.05) is 12.3 Å². The van der Waals surface area contributed by atoms with E-state index in [0.717, 1.165) is 5.56 Å². The number of rotatable bonds is 7. The van der Waals surface area contributed by atoms with Gasteiger partial charge < -0.3 is 31.1 Å². The Kier molecular flexibility index (Phi) is 6.62. The van der Waals surface area contributed by atoms with Crippen LogP contribution in [0.4, 0.5) is 10.5 Å². The number of benzene rings is 2. The molecule has 0 radical (unpaired) electrons. The highest BCUT2D eigenvalue weighted by atomic mass is 16.5. The molecule has 0 spiro atoms. The van der Waals surface area contributed by atoms with Crippen LogP contribution in [0.5, 0.6) is 5.75 Å². The van der Waals surface area contributed by atoms with Crippen molar-refractivity contribution in [3.05, 3.63) is 59.7 Å². The maximum atomic E-state index is 11.6. The van der Waals surface area contributed by atoms with Gasteiger partial charge in [-0.25, -0.2) is 4.79 Å². The van der Waals surface area contributed by atoms with E-state index in [-0.39, 0.29) is 31.0 Å². The third-order valence-electron chi connectivity index (χ3n) is 3.68. The molecular weight excluding hydrogens is 324 g/mol. The van der Waals surface area contributed by atoms with E-state index in [1.54, 1.807) is 0 Å². The maximum Gasteiger partial charge on any atom is 0.407 e. The Bertz CT molecular complexity index is 693. The van der Waals surface area contributed by atoms with Crippen molar-refractivity contribution < 1.29 is 24.9 Å². The molecule has 2 aromatic rings. The number of alkyl carbamates (subject to hydrolysis) is 1. The van der Waals surface area contributed by atoms with Crippen molar-refractivity contribution in [3.8, 4) is 5.75 Å². The van der Waals surface area contributed by atoms with Crippen LogP contribution in [0.15, 0.2) is 48.5 Å². The molecule has 25 heavy (non-hydrogen) atoms. The van der Waals surface area contributed by atoms with Gasteiger partial charge in [-0.2, -0.15) is 0 Å². The summed E-state index contributed by atoms with van der Waals surface area (Å²) in [4.78, 5) is 11.6. The summed E-state index contributed by atoms with van der Waals surface area (Å²) < 4.78 is 5.05. The van der Waals surface area contributed by atoms with Crippen molar-refractivity contribution in [3.63, 3.8) is 0 Å². The van der Waals surface area contributed by atoms with Gasteiger partial charge in [0, 0.05) is 6.54 Å². The first-order valence-corrected chi connectivity index (χ1v) is 7.86. The second-order valence-electron chi connectivity index (χ2n) is 5.61. The van der Waals surface area contributed by atoms with Crippen molar-refractivity contribution in [2.45, 2.75) is 25.2 Å². The van der Waals surface area contributed by atoms with Crippen molar-refractivity contribution >= 4 is 11.8 Å². The number of aliphatic hydroxyl groups is 2. The minimum Gasteiger partial charge on any atom is -0.506 e. The van der Waals surface area contributed by atoms with E-state index in [4.69, 9.17) is 10.5 Å². The fourth-order valence-corrected chi connectivity index (χ4v) is 2.23. The Labute approximate surface area is 145 Å². The Hall–Kier alpha value is -2.77. The number of phenols is 1. The number of nitrogen functional groups attached to an aromatic ring is 1. The molecule has 7 nitrogen and oxygen atoms in total. The molecule has 1 amide bonds. The third kappa shape index (κ3) is 5.66. The van der Waals surface area contributed by atoms with Gasteiger partial charge in [-0.1, -0.05) is 36.4 Å². The van der Waals surface area contributed by atoms with E-state index in [1.807, 2.05) is 30.3 Å². The predicted molar refractivity (Wildman–Crippen MR) is 92.7 cm³/mol. The minimum atomic E-state index is -1.18. The molecule has 0 saturated carbocycles. The molecule has 6 N–H and O–H groups in total. The van der Waals surface area contributed by atoms with E-state index >= 15 is 0 Å². The van der Waals surface area contributed by atoms with Gasteiger partial charge in [0.1, 0.15) is 18.5 Å². The van der Waals surface area contributed by atoms with Crippen LogP contribution in [0, 0.1) is 0 Å². The number of anilines is 1. The molecule has 0 heterocycles. The van der Waals surface area contributed by atoms with Gasteiger partial charge >= 0.3 is 6.09 Å². The lowest BCUT2D eigenvalue weighted by molar-refractivity contribution is 0.0136. The van der Waals surface area contributed by atoms with Crippen LogP contribution in [0.1, 0.15) is 23.7 Å². The standard InChI is InChI=1S/C18H22N2O5/c19-14-10-13(6-7-15(14)21)17(23)16(22)8-9-20-18(24)25-11-12-4-2-1-3-5-12/h1-7,10,16-17,21-23H,8-9,11,19H2,(H,20,24). The zero-order valence-corrected chi connectivity index (χ0v) is 13.6. The monoisotopic (exact) mass is 346 g/mol. The number of ether oxygens (including phenoxy) is 1. The normalized spacial score (nSPS) is 13.0. The van der Waals surface area contributed by atoms with Crippen LogP contribution in [0.3, 0.4) is 0 Å². The smallest absolute Gasteiger partial charge is 0.407 e. The van der Waals surface area contributed by atoms with Crippen LogP contribution in [0.25, 0.3) is 0 Å². The number of nitrogens with two attached hydrogens (primary N) is 1. The SMILES string of the molecule is Nc1cc(C(O)C(O)CCNC(=O)OCc2ccccc2)ccc1O. The lowest BCUT2D eigenvalue weighted by Crippen LogP contribution is -2.29. The second kappa shape index (κ2) is 8.91. The molecule has 2 rings (SSSR count). The molecule has 7 heteroatoms. The molecule has 2 aromatic carbocycles. The Morgan fingerprint density at radius 3 is 2.56 bits per heavy atom. The number of carbonyl (C=O) groups excluding carboxylic acids is 1. The third-order valence-corrected chi connectivity index (χ3v) is 3.68. The van der Waals surface area contributed by atoms with E-state index in [2.05, 4.69) is 5.32 Å². The zero-order valence-electron chi connectivity index (χ0n) is 13.6. The highest BCUT2D eigenvalue weighted by molar-refractivity contribution is 5.67. The first-order valence-electron chi connectivity index (χ1n) is 7.86. The van der Waals surface area contributed by atoms with Gasteiger partial charge in [0.2, 0.25) is 0 Å². The van der Waals surface area contributed by atoms with Gasteiger partial charge in [0.25, 0.3) is 0 Å². The van der Waals surface area contributed by atoms with Crippen LogP contribution in [-0.2, 0) is 11.3 Å². The molecular formula is C18H22N2O5. The zero-order chi connectivity index (χ0) is 18.2. The van der Waals surface area contributed by atoms with E-state index < -0.39 is 18.3 Å². The molecule has 0 saturated heterocycles. The van der Waals surface area contributed by atoms with Crippen LogP contribution >= 0.6 is 0 Å². The molecule has 0 aliphatic heterocycles. The number of hydrogen-bond donors (Lipinski definition) is 5. The molecule has 134 valence electrons. The van der Waals surface area contributed by atoms with Crippen LogP contribution in [-0.4, -0.2) is 34.1 Å². The van der Waals surface area contributed by atoms with Gasteiger partial charge in [-0.3, -0.25) is 0 Å².